The highest BCUT2D eigenvalue weighted by Gasteiger charge is 2.04. The Kier molecular flexibility index (Phi) is 7.00. The van der Waals surface area contributed by atoms with Crippen LogP contribution in [0.4, 0.5) is 0 Å². The van der Waals surface area contributed by atoms with E-state index in [0.717, 1.165) is 0 Å². The maximum atomic E-state index is 10.9. The van der Waals surface area contributed by atoms with Gasteiger partial charge in [0.25, 0.3) is 0 Å². The molecule has 0 aromatic rings. The largest absolute Gasteiger partial charge is 0.481 e. The smallest absolute Gasteiger partial charge is 0.303 e. The Morgan fingerprint density at radius 2 is 2.00 bits per heavy atom. The first-order valence-electron chi connectivity index (χ1n) is 4.39. The molecule has 0 saturated heterocycles. The Bertz CT molecular complexity index is 229. The first-order valence-corrected chi connectivity index (χ1v) is 5.88. The summed E-state index contributed by atoms with van der Waals surface area (Å²) in [5.41, 5.74) is 0. The lowest BCUT2D eigenvalue weighted by Crippen LogP contribution is -2.28. The van der Waals surface area contributed by atoms with Crippen molar-refractivity contribution in [2.75, 3.05) is 18.1 Å². The van der Waals surface area contributed by atoms with Gasteiger partial charge in [0, 0.05) is 35.3 Å². The number of carbonyl (C=O) groups is 2. The molecular formula is C8H15NO4S. The predicted molar refractivity (Wildman–Crippen MR) is 53.4 cm³/mol. The Morgan fingerprint density at radius 3 is 2.50 bits per heavy atom. The molecule has 0 radical (unpaired) electrons. The van der Waals surface area contributed by atoms with Crippen LogP contribution in [0.2, 0.25) is 0 Å². The Balaban J connectivity index is 3.45. The Morgan fingerprint density at radius 1 is 1.36 bits per heavy atom. The average molecular weight is 221 g/mol. The fourth-order valence-electron chi connectivity index (χ4n) is 0.757. The lowest BCUT2D eigenvalue weighted by molar-refractivity contribution is -0.138. The van der Waals surface area contributed by atoms with E-state index in [1.54, 1.807) is 0 Å². The maximum Gasteiger partial charge on any atom is 0.303 e. The molecule has 0 aromatic carbocycles. The van der Waals surface area contributed by atoms with E-state index in [1.807, 2.05) is 6.92 Å². The van der Waals surface area contributed by atoms with Gasteiger partial charge in [-0.2, -0.15) is 0 Å². The van der Waals surface area contributed by atoms with Gasteiger partial charge >= 0.3 is 5.97 Å². The number of hydrogen-bond acceptors (Lipinski definition) is 3. The number of aliphatic carboxylic acids is 1. The monoisotopic (exact) mass is 221 g/mol. The third kappa shape index (κ3) is 7.72. The van der Waals surface area contributed by atoms with Crippen LogP contribution in [0.15, 0.2) is 0 Å². The summed E-state index contributed by atoms with van der Waals surface area (Å²) >= 11 is 0. The summed E-state index contributed by atoms with van der Waals surface area (Å²) in [7, 11) is -0.887. The molecule has 14 heavy (non-hydrogen) atoms. The molecule has 0 rings (SSSR count). The second kappa shape index (κ2) is 7.49. The zero-order valence-corrected chi connectivity index (χ0v) is 8.93. The van der Waals surface area contributed by atoms with Gasteiger partial charge in [-0.25, -0.2) is 0 Å². The van der Waals surface area contributed by atoms with Gasteiger partial charge in [0.2, 0.25) is 5.91 Å². The van der Waals surface area contributed by atoms with E-state index in [0.29, 0.717) is 18.1 Å². The van der Waals surface area contributed by atoms with Crippen LogP contribution < -0.4 is 5.32 Å². The van der Waals surface area contributed by atoms with Crippen molar-refractivity contribution in [3.8, 4) is 0 Å². The molecule has 0 aromatic heterocycles. The third-order valence-electron chi connectivity index (χ3n) is 1.54. The molecule has 0 saturated carbocycles. The molecule has 0 heterocycles. The maximum absolute atomic E-state index is 10.9. The molecule has 0 aliphatic heterocycles. The number of hydrogen-bond donors (Lipinski definition) is 2. The predicted octanol–water partition coefficient (Wildman–Crippen LogP) is -0.264. The topological polar surface area (TPSA) is 83.5 Å². The fraction of sp³-hybridized carbons (Fsp3) is 0.750. The number of carboxylic acid groups (broad SMARTS) is 1. The summed E-state index contributed by atoms with van der Waals surface area (Å²) in [5.74, 6) is -0.293. The molecule has 2 N–H and O–H groups in total. The van der Waals surface area contributed by atoms with E-state index in [2.05, 4.69) is 5.32 Å². The molecular weight excluding hydrogens is 206 g/mol. The van der Waals surface area contributed by atoms with Gasteiger partial charge in [-0.15, -0.1) is 0 Å². The molecule has 0 aliphatic rings. The second-order valence-electron chi connectivity index (χ2n) is 2.68. The minimum Gasteiger partial charge on any atom is -0.481 e. The lowest BCUT2D eigenvalue weighted by atomic mass is 10.3. The Labute approximate surface area is 85.3 Å². The van der Waals surface area contributed by atoms with E-state index >= 15 is 0 Å². The highest BCUT2D eigenvalue weighted by atomic mass is 32.2. The number of carboxylic acids is 1. The third-order valence-corrected chi connectivity index (χ3v) is 2.84. The molecule has 0 spiro atoms. The van der Waals surface area contributed by atoms with Crippen LogP contribution in [-0.2, 0) is 20.4 Å². The molecule has 1 unspecified atom stereocenters. The van der Waals surface area contributed by atoms with Gasteiger partial charge < -0.3 is 10.4 Å². The summed E-state index contributed by atoms with van der Waals surface area (Å²) in [4.78, 5) is 21.0. The van der Waals surface area contributed by atoms with Crippen molar-refractivity contribution in [2.45, 2.75) is 19.8 Å². The molecule has 1 amide bonds. The normalized spacial score (nSPS) is 12.1. The number of carbonyl (C=O) groups excluding carboxylic acids is 1. The van der Waals surface area contributed by atoms with E-state index in [-0.39, 0.29) is 18.7 Å². The quantitative estimate of drug-likeness (QED) is 0.620. The van der Waals surface area contributed by atoms with Crippen LogP contribution in [0, 0.1) is 0 Å². The minimum absolute atomic E-state index is 0.0197. The van der Waals surface area contributed by atoms with Crippen molar-refractivity contribution in [2.24, 2.45) is 0 Å². The molecule has 0 fully saturated rings. The van der Waals surface area contributed by atoms with E-state index in [4.69, 9.17) is 5.11 Å². The minimum atomic E-state index is -0.989. The zero-order chi connectivity index (χ0) is 11.0. The van der Waals surface area contributed by atoms with Crippen LogP contribution in [0.3, 0.4) is 0 Å². The van der Waals surface area contributed by atoms with Gasteiger partial charge in [-0.3, -0.25) is 13.8 Å². The lowest BCUT2D eigenvalue weighted by Gasteiger charge is -2.02. The van der Waals surface area contributed by atoms with Crippen LogP contribution in [0.1, 0.15) is 19.8 Å². The number of nitrogens with one attached hydrogen (secondary N) is 1. The van der Waals surface area contributed by atoms with Gasteiger partial charge in [0.1, 0.15) is 0 Å². The van der Waals surface area contributed by atoms with Crippen molar-refractivity contribution in [1.29, 1.82) is 0 Å². The molecule has 0 bridgehead atoms. The summed E-state index contributed by atoms with van der Waals surface area (Å²) < 4.78 is 10.9. The van der Waals surface area contributed by atoms with Crippen molar-refractivity contribution in [3.05, 3.63) is 0 Å². The second-order valence-corrected chi connectivity index (χ2v) is 4.54. The SMILES string of the molecule is CCS(=O)CCNC(=O)CCC(=O)O. The molecule has 6 heteroatoms. The van der Waals surface area contributed by atoms with Gasteiger partial charge in [0.15, 0.2) is 0 Å². The highest BCUT2D eigenvalue weighted by molar-refractivity contribution is 7.84. The molecule has 82 valence electrons. The van der Waals surface area contributed by atoms with Crippen molar-refractivity contribution < 1.29 is 18.9 Å². The Hall–Kier alpha value is -0.910. The first kappa shape index (κ1) is 13.1. The van der Waals surface area contributed by atoms with E-state index < -0.39 is 16.8 Å². The highest BCUT2D eigenvalue weighted by Crippen LogP contribution is 1.88. The molecule has 0 aliphatic carbocycles. The van der Waals surface area contributed by atoms with Crippen LogP contribution in [0.5, 0.6) is 0 Å². The molecule has 5 nitrogen and oxygen atoms in total. The average Bonchev–Trinajstić information content (AvgIpc) is 2.14. The van der Waals surface area contributed by atoms with Gasteiger partial charge in [-0.05, 0) is 0 Å². The fourth-order valence-corrected chi connectivity index (χ4v) is 1.38. The first-order chi connectivity index (χ1) is 6.56. The van der Waals surface area contributed by atoms with E-state index in [9.17, 15) is 13.8 Å². The molecule has 1 atom stereocenters. The summed E-state index contributed by atoms with van der Waals surface area (Å²) in [6, 6.07) is 0. The number of amides is 1. The van der Waals surface area contributed by atoms with Gasteiger partial charge in [-0.1, -0.05) is 6.92 Å². The summed E-state index contributed by atoms with van der Waals surface area (Å²) in [6.07, 6.45) is -0.184. The van der Waals surface area contributed by atoms with Crippen LogP contribution >= 0.6 is 0 Å². The van der Waals surface area contributed by atoms with E-state index in [1.165, 1.54) is 0 Å². The zero-order valence-electron chi connectivity index (χ0n) is 8.12. The van der Waals surface area contributed by atoms with Crippen molar-refractivity contribution in [3.63, 3.8) is 0 Å². The van der Waals surface area contributed by atoms with Crippen LogP contribution in [-0.4, -0.2) is 39.2 Å². The van der Waals surface area contributed by atoms with Crippen molar-refractivity contribution in [1.82, 2.24) is 5.32 Å². The van der Waals surface area contributed by atoms with Gasteiger partial charge in [0.05, 0.1) is 6.42 Å². The standard InChI is InChI=1S/C8H15NO4S/c1-2-14(13)6-5-9-7(10)3-4-8(11)12/h2-6H2,1H3,(H,9,10)(H,11,12). The summed E-state index contributed by atoms with van der Waals surface area (Å²) in [6.45, 7) is 2.15. The number of rotatable bonds is 7. The summed E-state index contributed by atoms with van der Waals surface area (Å²) in [5, 5.41) is 10.8. The van der Waals surface area contributed by atoms with Crippen LogP contribution in [0.25, 0.3) is 0 Å². The van der Waals surface area contributed by atoms with Crippen molar-refractivity contribution >= 4 is 22.7 Å².